The van der Waals surface area contributed by atoms with Crippen molar-refractivity contribution in [1.82, 2.24) is 10.1 Å². The van der Waals surface area contributed by atoms with Gasteiger partial charge in [-0.3, -0.25) is 14.3 Å². The van der Waals surface area contributed by atoms with Gasteiger partial charge in [0.2, 0.25) is 5.82 Å². The highest BCUT2D eigenvalue weighted by atomic mass is 16.5. The van der Waals surface area contributed by atoms with Gasteiger partial charge in [-0.05, 0) is 77.0 Å². The lowest BCUT2D eigenvalue weighted by Crippen LogP contribution is -2.15. The van der Waals surface area contributed by atoms with Gasteiger partial charge in [0.05, 0.1) is 0 Å². The van der Waals surface area contributed by atoms with Crippen LogP contribution in [0.3, 0.4) is 0 Å². The smallest absolute Gasteiger partial charge is 0.439 e. The molecule has 1 amide bonds. The Morgan fingerprint density at radius 2 is 1.72 bits per heavy atom. The number of nitrogens with one attached hydrogen (secondary N) is 2. The van der Waals surface area contributed by atoms with Crippen LogP contribution in [0.4, 0.5) is 5.69 Å². The minimum absolute atomic E-state index is 0.176. The molecule has 0 atom stereocenters. The van der Waals surface area contributed by atoms with Crippen molar-refractivity contribution < 1.29 is 14.4 Å². The number of H-pyrrole nitrogens is 1. The van der Waals surface area contributed by atoms with Crippen LogP contribution >= 0.6 is 0 Å². The van der Waals surface area contributed by atoms with Gasteiger partial charge in [-0.1, -0.05) is 42.5 Å². The maximum Gasteiger partial charge on any atom is 0.439 e. The van der Waals surface area contributed by atoms with Crippen molar-refractivity contribution in [3.63, 3.8) is 0 Å². The highest BCUT2D eigenvalue weighted by molar-refractivity contribution is 6.01. The van der Waals surface area contributed by atoms with E-state index in [4.69, 9.17) is 0 Å². The first kappa shape index (κ1) is 21.1. The van der Waals surface area contributed by atoms with Gasteiger partial charge in [-0.15, -0.1) is 0 Å². The average Bonchev–Trinajstić information content (AvgIpc) is 3.20. The highest BCUT2D eigenvalue weighted by Gasteiger charge is 2.14. The molecule has 0 aliphatic rings. The number of aromatic nitrogens is 2. The third-order valence-electron chi connectivity index (χ3n) is 5.37. The quantitative estimate of drug-likeness (QED) is 0.427. The normalized spacial score (nSPS) is 10.8. The number of anilines is 1. The first-order chi connectivity index (χ1) is 15.4. The van der Waals surface area contributed by atoms with Crippen LogP contribution in [0.1, 0.15) is 44.0 Å². The van der Waals surface area contributed by atoms with E-state index in [1.807, 2.05) is 68.4 Å². The number of phenols is 1. The highest BCUT2D eigenvalue weighted by Crippen LogP contribution is 2.27. The first-order valence-corrected chi connectivity index (χ1v) is 10.2. The summed E-state index contributed by atoms with van der Waals surface area (Å²) in [6.07, 6.45) is 1.36. The molecule has 32 heavy (non-hydrogen) atoms. The van der Waals surface area contributed by atoms with Gasteiger partial charge < -0.3 is 10.4 Å². The number of nitrogens with zero attached hydrogens (tertiary/aromatic N) is 1. The number of benzene rings is 3. The molecule has 0 saturated carbocycles. The van der Waals surface area contributed by atoms with Gasteiger partial charge in [0.15, 0.2) is 0 Å². The zero-order valence-electron chi connectivity index (χ0n) is 17.8. The molecule has 0 spiro atoms. The van der Waals surface area contributed by atoms with E-state index in [-0.39, 0.29) is 11.6 Å². The number of phenolic OH excluding ortho intramolecular Hbond substituents is 1. The predicted molar refractivity (Wildman–Crippen MR) is 121 cm³/mol. The molecule has 1 heterocycles. The van der Waals surface area contributed by atoms with Gasteiger partial charge in [0.1, 0.15) is 5.75 Å². The maximum atomic E-state index is 12.2. The third-order valence-corrected chi connectivity index (χ3v) is 5.37. The summed E-state index contributed by atoms with van der Waals surface area (Å²) in [5, 5.41) is 16.4. The minimum atomic E-state index is -0.779. The molecule has 0 aliphatic heterocycles. The first-order valence-electron chi connectivity index (χ1n) is 10.2. The molecule has 3 aromatic carbocycles. The van der Waals surface area contributed by atoms with E-state index in [0.29, 0.717) is 18.5 Å². The van der Waals surface area contributed by atoms with E-state index < -0.39 is 11.7 Å². The van der Waals surface area contributed by atoms with Crippen LogP contribution in [-0.4, -0.2) is 21.2 Å². The number of amides is 1. The van der Waals surface area contributed by atoms with Crippen molar-refractivity contribution in [3.05, 3.63) is 110 Å². The van der Waals surface area contributed by atoms with E-state index in [2.05, 4.69) is 20.0 Å². The van der Waals surface area contributed by atoms with Crippen molar-refractivity contribution in [2.45, 2.75) is 26.7 Å². The van der Waals surface area contributed by atoms with Crippen molar-refractivity contribution in [1.29, 1.82) is 0 Å². The Hall–Kier alpha value is -4.13. The lowest BCUT2D eigenvalue weighted by molar-refractivity contribution is 0.101. The average molecular weight is 429 g/mol. The van der Waals surface area contributed by atoms with Gasteiger partial charge in [0, 0.05) is 12.1 Å². The molecule has 162 valence electrons. The van der Waals surface area contributed by atoms with Crippen molar-refractivity contribution in [2.24, 2.45) is 0 Å². The van der Waals surface area contributed by atoms with E-state index in [1.165, 1.54) is 0 Å². The second-order valence-corrected chi connectivity index (χ2v) is 7.79. The fraction of sp³-hybridized carbons (Fsp3) is 0.160. The van der Waals surface area contributed by atoms with Gasteiger partial charge in [-0.25, -0.2) is 4.79 Å². The van der Waals surface area contributed by atoms with Gasteiger partial charge in [0.25, 0.3) is 5.91 Å². The van der Waals surface area contributed by atoms with Gasteiger partial charge >= 0.3 is 5.76 Å². The van der Waals surface area contributed by atoms with E-state index in [1.54, 1.807) is 6.07 Å². The predicted octanol–water partition coefficient (Wildman–Crippen LogP) is 4.12. The molecular weight excluding hydrogens is 406 g/mol. The summed E-state index contributed by atoms with van der Waals surface area (Å²) in [6, 6.07) is 19.5. The van der Waals surface area contributed by atoms with Crippen LogP contribution in [0.5, 0.6) is 5.75 Å². The molecule has 7 nitrogen and oxygen atoms in total. The molecule has 0 aliphatic carbocycles. The summed E-state index contributed by atoms with van der Waals surface area (Å²) in [7, 11) is 0. The second kappa shape index (κ2) is 8.93. The van der Waals surface area contributed by atoms with Gasteiger partial charge in [-0.2, -0.15) is 0 Å². The number of rotatable bonds is 6. The Bertz CT molecular complexity index is 1300. The number of aromatic amines is 1. The molecule has 0 bridgehead atoms. The molecule has 0 fully saturated rings. The van der Waals surface area contributed by atoms with E-state index >= 15 is 0 Å². The van der Waals surface area contributed by atoms with E-state index in [0.717, 1.165) is 33.4 Å². The Morgan fingerprint density at radius 3 is 2.38 bits per heavy atom. The number of aromatic hydroxyl groups is 1. The third kappa shape index (κ3) is 4.78. The maximum absolute atomic E-state index is 12.2. The number of hydrogen-bond acceptors (Lipinski definition) is 5. The molecule has 7 heteroatoms. The van der Waals surface area contributed by atoms with Crippen molar-refractivity contribution >= 4 is 11.6 Å². The SMILES string of the molecule is Cc1cc(NC(=O)c2noc(=O)[nH]2)cc(C)c1Cc1ccc(O)c(Cc2ccccc2)c1. The molecule has 0 saturated heterocycles. The van der Waals surface area contributed by atoms with Crippen molar-refractivity contribution in [2.75, 3.05) is 5.32 Å². The Labute approximate surface area is 184 Å². The van der Waals surface area contributed by atoms with Crippen LogP contribution in [0.25, 0.3) is 0 Å². The number of carbonyl (C=O) groups excluding carboxylic acids is 1. The topological polar surface area (TPSA) is 108 Å². The molecule has 0 radical (unpaired) electrons. The lowest BCUT2D eigenvalue weighted by Gasteiger charge is -2.14. The number of carbonyl (C=O) groups is 1. The summed E-state index contributed by atoms with van der Waals surface area (Å²) >= 11 is 0. The summed E-state index contributed by atoms with van der Waals surface area (Å²) in [5.41, 5.74) is 6.91. The zero-order chi connectivity index (χ0) is 22.7. The molecule has 3 N–H and O–H groups in total. The van der Waals surface area contributed by atoms with Crippen LogP contribution in [0, 0.1) is 13.8 Å². The standard InChI is InChI=1S/C25H23N3O4/c1-15-10-20(26-24(30)23-27-25(31)32-28-23)11-16(2)21(15)14-18-8-9-22(29)19(13-18)12-17-6-4-3-5-7-17/h3-11,13,29H,12,14H2,1-2H3,(H,26,30)(H,27,28,31). The number of hydrogen-bond donors (Lipinski definition) is 3. The molecule has 4 rings (SSSR count). The monoisotopic (exact) mass is 429 g/mol. The summed E-state index contributed by atoms with van der Waals surface area (Å²) in [6.45, 7) is 3.97. The second-order valence-electron chi connectivity index (χ2n) is 7.79. The van der Waals surface area contributed by atoms with E-state index in [9.17, 15) is 14.7 Å². The molecule has 0 unspecified atom stereocenters. The van der Waals surface area contributed by atoms with Crippen LogP contribution < -0.4 is 11.1 Å². The molecule has 1 aromatic heterocycles. The summed E-state index contributed by atoms with van der Waals surface area (Å²) < 4.78 is 4.37. The minimum Gasteiger partial charge on any atom is -0.508 e. The molecule has 4 aromatic rings. The number of aryl methyl sites for hydroxylation is 2. The fourth-order valence-electron chi connectivity index (χ4n) is 3.77. The molecular formula is C25H23N3O4. The van der Waals surface area contributed by atoms with Crippen LogP contribution in [-0.2, 0) is 12.8 Å². The summed E-state index contributed by atoms with van der Waals surface area (Å²) in [5.74, 6) is -1.22. The summed E-state index contributed by atoms with van der Waals surface area (Å²) in [4.78, 5) is 25.5. The van der Waals surface area contributed by atoms with Crippen molar-refractivity contribution in [3.8, 4) is 5.75 Å². The Balaban J connectivity index is 1.54. The lowest BCUT2D eigenvalue weighted by atomic mass is 9.93. The largest absolute Gasteiger partial charge is 0.508 e. The Morgan fingerprint density at radius 1 is 1.00 bits per heavy atom. The van der Waals surface area contributed by atoms with Crippen LogP contribution in [0.2, 0.25) is 0 Å². The zero-order valence-corrected chi connectivity index (χ0v) is 17.8. The Kier molecular flexibility index (Phi) is 5.89. The fourth-order valence-corrected chi connectivity index (χ4v) is 3.77. The van der Waals surface area contributed by atoms with Crippen LogP contribution in [0.15, 0.2) is 70.0 Å².